The number of hydrogen-bond donors (Lipinski definition) is 2. The highest BCUT2D eigenvalue weighted by molar-refractivity contribution is 6.04. The van der Waals surface area contributed by atoms with E-state index in [2.05, 4.69) is 17.6 Å². The molecule has 176 valence electrons. The Morgan fingerprint density at radius 2 is 1.62 bits per heavy atom. The molecule has 2 N–H and O–H groups in total. The number of nitrogens with one attached hydrogen (secondary N) is 2. The van der Waals surface area contributed by atoms with Crippen molar-refractivity contribution >= 4 is 23.5 Å². The Balaban J connectivity index is 1.49. The Bertz CT molecular complexity index is 1140. The third kappa shape index (κ3) is 7.78. The molecule has 0 bridgehead atoms. The largest absolute Gasteiger partial charge is 0.484 e. The second kappa shape index (κ2) is 12.2. The van der Waals surface area contributed by atoms with Crippen molar-refractivity contribution in [2.75, 3.05) is 11.9 Å². The zero-order valence-corrected chi connectivity index (χ0v) is 19.3. The van der Waals surface area contributed by atoms with Crippen LogP contribution in [0.25, 0.3) is 0 Å². The number of hydrogen-bond acceptors (Lipinski definition) is 5. The smallest absolute Gasteiger partial charge is 0.308 e. The molecule has 34 heavy (non-hydrogen) atoms. The van der Waals surface area contributed by atoms with Crippen LogP contribution in [0, 0.1) is 0 Å². The summed E-state index contributed by atoms with van der Waals surface area (Å²) < 4.78 is 10.6. The van der Waals surface area contributed by atoms with Gasteiger partial charge in [0.2, 0.25) is 0 Å². The summed E-state index contributed by atoms with van der Waals surface area (Å²) in [5.41, 5.74) is 3.00. The molecule has 3 aromatic rings. The van der Waals surface area contributed by atoms with Gasteiger partial charge in [-0.1, -0.05) is 43.7 Å². The molecule has 2 amide bonds. The molecule has 0 radical (unpaired) electrons. The predicted molar refractivity (Wildman–Crippen MR) is 130 cm³/mol. The lowest BCUT2D eigenvalue weighted by Crippen LogP contribution is -2.28. The summed E-state index contributed by atoms with van der Waals surface area (Å²) in [6.45, 7) is 3.64. The highest BCUT2D eigenvalue weighted by Gasteiger charge is 2.09. The summed E-state index contributed by atoms with van der Waals surface area (Å²) in [6.07, 6.45) is 2.09. The van der Waals surface area contributed by atoms with Gasteiger partial charge in [-0.2, -0.15) is 0 Å². The number of carbonyl (C=O) groups excluding carboxylic acids is 3. The molecule has 0 aromatic heterocycles. The van der Waals surface area contributed by atoms with Crippen LogP contribution in [-0.2, 0) is 22.6 Å². The Kier molecular flexibility index (Phi) is 8.80. The van der Waals surface area contributed by atoms with Crippen LogP contribution >= 0.6 is 0 Å². The molecular formula is C27H28N2O5. The monoisotopic (exact) mass is 460 g/mol. The van der Waals surface area contributed by atoms with Gasteiger partial charge in [0.1, 0.15) is 11.5 Å². The molecule has 0 unspecified atom stereocenters. The van der Waals surface area contributed by atoms with Crippen LogP contribution in [0.15, 0.2) is 72.8 Å². The fourth-order valence-electron chi connectivity index (χ4n) is 3.27. The van der Waals surface area contributed by atoms with E-state index in [9.17, 15) is 14.4 Å². The highest BCUT2D eigenvalue weighted by atomic mass is 16.5. The van der Waals surface area contributed by atoms with Crippen LogP contribution in [-0.4, -0.2) is 24.4 Å². The molecule has 0 spiro atoms. The number of carbonyl (C=O) groups is 3. The first-order valence-corrected chi connectivity index (χ1v) is 11.1. The maximum absolute atomic E-state index is 12.6. The van der Waals surface area contributed by atoms with Crippen molar-refractivity contribution < 1.29 is 23.9 Å². The Labute approximate surface area is 199 Å². The predicted octanol–water partition coefficient (Wildman–Crippen LogP) is 4.51. The zero-order valence-electron chi connectivity index (χ0n) is 19.3. The van der Waals surface area contributed by atoms with Crippen molar-refractivity contribution in [2.45, 2.75) is 33.2 Å². The topological polar surface area (TPSA) is 93.7 Å². The van der Waals surface area contributed by atoms with Crippen molar-refractivity contribution in [1.29, 1.82) is 0 Å². The standard InChI is InChI=1S/C27H28N2O5/c1-3-6-20-11-13-24(14-12-20)33-18-26(31)28-17-21-7-4-9-23(15-21)29-27(32)22-8-5-10-25(16-22)34-19(2)30/h4-5,7-16H,3,6,17-18H2,1-2H3,(H,28,31)(H,29,32). The molecule has 7 heteroatoms. The van der Waals surface area contributed by atoms with Crippen molar-refractivity contribution in [3.63, 3.8) is 0 Å². The molecular weight excluding hydrogens is 432 g/mol. The van der Waals surface area contributed by atoms with E-state index >= 15 is 0 Å². The first-order chi connectivity index (χ1) is 16.4. The number of aryl methyl sites for hydroxylation is 1. The highest BCUT2D eigenvalue weighted by Crippen LogP contribution is 2.17. The molecule has 0 saturated carbocycles. The molecule has 3 rings (SSSR count). The van der Waals surface area contributed by atoms with Gasteiger partial charge in [-0.05, 0) is 60.0 Å². The van der Waals surface area contributed by atoms with Gasteiger partial charge in [0.15, 0.2) is 6.61 Å². The fourth-order valence-corrected chi connectivity index (χ4v) is 3.27. The summed E-state index contributed by atoms with van der Waals surface area (Å²) in [6, 6.07) is 21.3. The Morgan fingerprint density at radius 3 is 2.35 bits per heavy atom. The van der Waals surface area contributed by atoms with Crippen molar-refractivity contribution in [1.82, 2.24) is 5.32 Å². The van der Waals surface area contributed by atoms with E-state index in [1.807, 2.05) is 30.3 Å². The number of anilines is 1. The van der Waals surface area contributed by atoms with Gasteiger partial charge in [0.25, 0.3) is 11.8 Å². The normalized spacial score (nSPS) is 10.3. The third-order valence-electron chi connectivity index (χ3n) is 4.86. The van der Waals surface area contributed by atoms with Gasteiger partial charge >= 0.3 is 5.97 Å². The molecule has 0 fully saturated rings. The van der Waals surface area contributed by atoms with Gasteiger partial charge < -0.3 is 20.1 Å². The first kappa shape index (κ1) is 24.5. The van der Waals surface area contributed by atoms with Gasteiger partial charge in [-0.15, -0.1) is 0 Å². The average molecular weight is 461 g/mol. The van der Waals surface area contributed by atoms with Crippen LogP contribution in [0.3, 0.4) is 0 Å². The summed E-state index contributed by atoms with van der Waals surface area (Å²) in [4.78, 5) is 35.9. The van der Waals surface area contributed by atoms with E-state index in [4.69, 9.17) is 9.47 Å². The fraction of sp³-hybridized carbons (Fsp3) is 0.222. The number of benzene rings is 3. The van der Waals surface area contributed by atoms with E-state index in [0.29, 0.717) is 29.3 Å². The lowest BCUT2D eigenvalue weighted by atomic mass is 10.1. The minimum Gasteiger partial charge on any atom is -0.484 e. The second-order valence-electron chi connectivity index (χ2n) is 7.74. The molecule has 0 aliphatic carbocycles. The van der Waals surface area contributed by atoms with Crippen LogP contribution in [0.4, 0.5) is 5.69 Å². The van der Waals surface area contributed by atoms with Gasteiger partial charge in [0, 0.05) is 24.7 Å². The summed E-state index contributed by atoms with van der Waals surface area (Å²) in [7, 11) is 0. The van der Waals surface area contributed by atoms with E-state index in [0.717, 1.165) is 18.4 Å². The van der Waals surface area contributed by atoms with E-state index in [1.54, 1.807) is 36.4 Å². The molecule has 0 saturated heterocycles. The molecule has 0 heterocycles. The SMILES string of the molecule is CCCc1ccc(OCC(=O)NCc2cccc(NC(=O)c3cccc(OC(C)=O)c3)c2)cc1. The Hall–Kier alpha value is -4.13. The average Bonchev–Trinajstić information content (AvgIpc) is 2.82. The lowest BCUT2D eigenvalue weighted by Gasteiger charge is -2.10. The van der Waals surface area contributed by atoms with E-state index in [1.165, 1.54) is 18.6 Å². The number of amides is 2. The number of rotatable bonds is 10. The summed E-state index contributed by atoms with van der Waals surface area (Å²) in [5, 5.41) is 5.62. The quantitative estimate of drug-likeness (QED) is 0.343. The molecule has 0 aliphatic rings. The molecule has 0 atom stereocenters. The lowest BCUT2D eigenvalue weighted by molar-refractivity contribution is -0.131. The minimum atomic E-state index is -0.456. The third-order valence-corrected chi connectivity index (χ3v) is 4.86. The van der Waals surface area contributed by atoms with Crippen LogP contribution < -0.4 is 20.1 Å². The van der Waals surface area contributed by atoms with Crippen molar-refractivity contribution in [2.24, 2.45) is 0 Å². The summed E-state index contributed by atoms with van der Waals surface area (Å²) in [5.74, 6) is -0.0845. The molecule has 7 nitrogen and oxygen atoms in total. The number of ether oxygens (including phenoxy) is 2. The first-order valence-electron chi connectivity index (χ1n) is 11.1. The maximum atomic E-state index is 12.6. The van der Waals surface area contributed by atoms with Crippen molar-refractivity contribution in [3.05, 3.63) is 89.5 Å². The minimum absolute atomic E-state index is 0.0811. The molecule has 0 aliphatic heterocycles. The van der Waals surface area contributed by atoms with E-state index < -0.39 is 5.97 Å². The van der Waals surface area contributed by atoms with Gasteiger partial charge in [-0.25, -0.2) is 0 Å². The van der Waals surface area contributed by atoms with Gasteiger partial charge in [0.05, 0.1) is 0 Å². The number of esters is 1. The van der Waals surface area contributed by atoms with Crippen LogP contribution in [0.2, 0.25) is 0 Å². The maximum Gasteiger partial charge on any atom is 0.308 e. The zero-order chi connectivity index (χ0) is 24.3. The molecule has 3 aromatic carbocycles. The summed E-state index contributed by atoms with van der Waals surface area (Å²) >= 11 is 0. The van der Waals surface area contributed by atoms with Crippen molar-refractivity contribution in [3.8, 4) is 11.5 Å². The second-order valence-corrected chi connectivity index (χ2v) is 7.74. The van der Waals surface area contributed by atoms with Crippen LogP contribution in [0.1, 0.15) is 41.8 Å². The van der Waals surface area contributed by atoms with E-state index in [-0.39, 0.29) is 18.4 Å². The van der Waals surface area contributed by atoms with Gasteiger partial charge in [-0.3, -0.25) is 14.4 Å². The Morgan fingerprint density at radius 1 is 0.853 bits per heavy atom. The van der Waals surface area contributed by atoms with Crippen LogP contribution in [0.5, 0.6) is 11.5 Å².